The van der Waals surface area contributed by atoms with Crippen molar-refractivity contribution in [3.05, 3.63) is 71.8 Å². The first-order valence-electron chi connectivity index (χ1n) is 9.30. The molecule has 0 radical (unpaired) electrons. The average molecular weight is 381 g/mol. The summed E-state index contributed by atoms with van der Waals surface area (Å²) in [6, 6.07) is 17.3. The number of hydrogen-bond donors (Lipinski definition) is 0. The zero-order chi connectivity index (χ0) is 18.9. The standard InChI is InChI=1S/C22H24N2O2S/c1-23-13-5-6-20(23)17-24-14-11-19-16-18(9-10-22(19)24)12-15-27(25,26)21-7-3-2-4-8-21/h2-4,7-12,14-16,20H,5-6,13,17H2,1H3/t20-/m1/s1. The normalized spacial score (nSPS) is 18.6. The maximum absolute atomic E-state index is 12.4. The third-order valence-electron chi connectivity index (χ3n) is 5.39. The number of hydrogen-bond acceptors (Lipinski definition) is 3. The van der Waals surface area contributed by atoms with Gasteiger partial charge in [-0.25, -0.2) is 8.42 Å². The van der Waals surface area contributed by atoms with Crippen LogP contribution in [0.1, 0.15) is 18.4 Å². The molecule has 0 N–H and O–H groups in total. The van der Waals surface area contributed by atoms with Gasteiger partial charge in [0.25, 0.3) is 0 Å². The topological polar surface area (TPSA) is 42.3 Å². The Labute approximate surface area is 160 Å². The largest absolute Gasteiger partial charge is 0.346 e. The molecule has 1 aromatic heterocycles. The molecule has 1 aliphatic rings. The lowest BCUT2D eigenvalue weighted by Gasteiger charge is -2.20. The molecule has 27 heavy (non-hydrogen) atoms. The highest BCUT2D eigenvalue weighted by Gasteiger charge is 2.21. The van der Waals surface area contributed by atoms with Gasteiger partial charge in [-0.3, -0.25) is 0 Å². The number of nitrogens with zero attached hydrogens (tertiary/aromatic N) is 2. The number of likely N-dealkylation sites (N-methyl/N-ethyl adjacent to an activating group) is 1. The minimum absolute atomic E-state index is 0.314. The van der Waals surface area contributed by atoms with Gasteiger partial charge in [-0.15, -0.1) is 0 Å². The van der Waals surface area contributed by atoms with E-state index in [1.807, 2.05) is 18.2 Å². The van der Waals surface area contributed by atoms with E-state index in [4.69, 9.17) is 0 Å². The van der Waals surface area contributed by atoms with Crippen molar-refractivity contribution >= 4 is 26.8 Å². The Bertz CT molecular complexity index is 1070. The van der Waals surface area contributed by atoms with Gasteiger partial charge in [0.05, 0.1) is 4.90 Å². The smallest absolute Gasteiger partial charge is 0.199 e. The van der Waals surface area contributed by atoms with E-state index in [1.54, 1.807) is 30.3 Å². The minimum Gasteiger partial charge on any atom is -0.346 e. The van der Waals surface area contributed by atoms with Crippen LogP contribution in [0, 0.1) is 0 Å². The van der Waals surface area contributed by atoms with Crippen LogP contribution in [0.15, 0.2) is 71.1 Å². The number of fused-ring (bicyclic) bond motifs is 1. The van der Waals surface area contributed by atoms with Gasteiger partial charge in [-0.05, 0) is 68.4 Å². The van der Waals surface area contributed by atoms with Gasteiger partial charge in [0, 0.05) is 35.1 Å². The van der Waals surface area contributed by atoms with Crippen molar-refractivity contribution in [3.8, 4) is 0 Å². The quantitative estimate of drug-likeness (QED) is 0.667. The Morgan fingerprint density at radius 3 is 2.67 bits per heavy atom. The molecule has 0 saturated carbocycles. The van der Waals surface area contributed by atoms with Crippen molar-refractivity contribution < 1.29 is 8.42 Å². The molecule has 2 heterocycles. The van der Waals surface area contributed by atoms with Crippen LogP contribution in [0.25, 0.3) is 17.0 Å². The molecule has 0 aliphatic carbocycles. The van der Waals surface area contributed by atoms with Crippen molar-refractivity contribution in [2.75, 3.05) is 13.6 Å². The number of sulfone groups is 1. The van der Waals surface area contributed by atoms with Gasteiger partial charge >= 0.3 is 0 Å². The van der Waals surface area contributed by atoms with Gasteiger partial charge in [0.2, 0.25) is 0 Å². The predicted molar refractivity (Wildman–Crippen MR) is 110 cm³/mol. The van der Waals surface area contributed by atoms with Crippen molar-refractivity contribution in [2.24, 2.45) is 0 Å². The molecule has 3 aromatic rings. The molecule has 4 rings (SSSR count). The summed E-state index contributed by atoms with van der Waals surface area (Å²) in [5.41, 5.74) is 2.08. The van der Waals surface area contributed by atoms with Crippen LogP contribution in [-0.2, 0) is 16.4 Å². The molecule has 4 nitrogen and oxygen atoms in total. The molecule has 5 heteroatoms. The fourth-order valence-electron chi connectivity index (χ4n) is 3.78. The second kappa shape index (κ2) is 7.33. The van der Waals surface area contributed by atoms with E-state index >= 15 is 0 Å². The van der Waals surface area contributed by atoms with E-state index in [9.17, 15) is 8.42 Å². The van der Waals surface area contributed by atoms with E-state index in [1.165, 1.54) is 30.3 Å². The van der Waals surface area contributed by atoms with Crippen molar-refractivity contribution in [1.29, 1.82) is 0 Å². The minimum atomic E-state index is -3.42. The summed E-state index contributed by atoms with van der Waals surface area (Å²) < 4.78 is 27.1. The summed E-state index contributed by atoms with van der Waals surface area (Å²) in [5.74, 6) is 0. The maximum atomic E-state index is 12.4. The van der Waals surface area contributed by atoms with E-state index in [-0.39, 0.29) is 0 Å². The summed E-state index contributed by atoms with van der Waals surface area (Å²) in [7, 11) is -1.23. The van der Waals surface area contributed by atoms with Crippen LogP contribution in [0.2, 0.25) is 0 Å². The van der Waals surface area contributed by atoms with Crippen molar-refractivity contribution in [1.82, 2.24) is 9.47 Å². The average Bonchev–Trinajstić information content (AvgIpc) is 3.27. The Hall–Kier alpha value is -2.37. The molecule has 1 atom stereocenters. The third kappa shape index (κ3) is 3.84. The van der Waals surface area contributed by atoms with Gasteiger partial charge < -0.3 is 9.47 Å². The number of rotatable bonds is 5. The van der Waals surface area contributed by atoms with Gasteiger partial charge in [-0.1, -0.05) is 24.3 Å². The zero-order valence-electron chi connectivity index (χ0n) is 15.5. The lowest BCUT2D eigenvalue weighted by atomic mass is 10.1. The van der Waals surface area contributed by atoms with Crippen LogP contribution in [-0.4, -0.2) is 37.5 Å². The van der Waals surface area contributed by atoms with Crippen LogP contribution >= 0.6 is 0 Å². The maximum Gasteiger partial charge on any atom is 0.199 e. The van der Waals surface area contributed by atoms with E-state index in [2.05, 4.69) is 34.8 Å². The van der Waals surface area contributed by atoms with Crippen LogP contribution in [0.5, 0.6) is 0 Å². The fraction of sp³-hybridized carbons (Fsp3) is 0.273. The molecule has 0 bridgehead atoms. The molecule has 0 amide bonds. The summed E-state index contributed by atoms with van der Waals surface area (Å²) >= 11 is 0. The van der Waals surface area contributed by atoms with Crippen LogP contribution in [0.3, 0.4) is 0 Å². The van der Waals surface area contributed by atoms with E-state index < -0.39 is 9.84 Å². The lowest BCUT2D eigenvalue weighted by molar-refractivity contribution is 0.284. The highest BCUT2D eigenvalue weighted by molar-refractivity contribution is 7.94. The third-order valence-corrected chi connectivity index (χ3v) is 6.81. The molecule has 140 valence electrons. The Kier molecular flexibility index (Phi) is 4.89. The lowest BCUT2D eigenvalue weighted by Crippen LogP contribution is -2.28. The highest BCUT2D eigenvalue weighted by atomic mass is 32.2. The first kappa shape index (κ1) is 18.0. The van der Waals surface area contributed by atoms with Crippen LogP contribution < -0.4 is 0 Å². The molecule has 2 aromatic carbocycles. The Balaban J connectivity index is 1.56. The summed E-state index contributed by atoms with van der Waals surface area (Å²) in [5, 5.41) is 2.42. The predicted octanol–water partition coefficient (Wildman–Crippen LogP) is 4.18. The molecule has 0 spiro atoms. The molecular weight excluding hydrogens is 356 g/mol. The van der Waals surface area contributed by atoms with E-state index in [0.717, 1.165) is 17.5 Å². The fourth-order valence-corrected chi connectivity index (χ4v) is 4.81. The molecule has 0 unspecified atom stereocenters. The Morgan fingerprint density at radius 2 is 1.93 bits per heavy atom. The van der Waals surface area contributed by atoms with Crippen molar-refractivity contribution in [2.45, 2.75) is 30.3 Å². The summed E-state index contributed by atoms with van der Waals surface area (Å²) in [6.45, 7) is 2.17. The van der Waals surface area contributed by atoms with Gasteiger partial charge in [0.15, 0.2) is 9.84 Å². The Morgan fingerprint density at radius 1 is 1.11 bits per heavy atom. The zero-order valence-corrected chi connectivity index (χ0v) is 16.3. The van der Waals surface area contributed by atoms with Crippen LogP contribution in [0.4, 0.5) is 0 Å². The van der Waals surface area contributed by atoms with Crippen molar-refractivity contribution in [3.63, 3.8) is 0 Å². The highest BCUT2D eigenvalue weighted by Crippen LogP contribution is 2.23. The molecule has 1 fully saturated rings. The second-order valence-corrected chi connectivity index (χ2v) is 9.06. The first-order valence-corrected chi connectivity index (χ1v) is 10.8. The summed E-state index contributed by atoms with van der Waals surface area (Å²) in [4.78, 5) is 2.74. The monoisotopic (exact) mass is 380 g/mol. The number of aromatic nitrogens is 1. The first-order chi connectivity index (χ1) is 13.0. The van der Waals surface area contributed by atoms with Gasteiger partial charge in [0.1, 0.15) is 0 Å². The molecule has 1 saturated heterocycles. The SMILES string of the molecule is CN1CCC[C@@H]1Cn1ccc2cc(C=CS(=O)(=O)c3ccccc3)ccc21. The van der Waals surface area contributed by atoms with Gasteiger partial charge in [-0.2, -0.15) is 0 Å². The number of likely N-dealkylation sites (tertiary alicyclic amines) is 1. The van der Waals surface area contributed by atoms with E-state index in [0.29, 0.717) is 10.9 Å². The molecule has 1 aliphatic heterocycles. The number of benzene rings is 2. The second-order valence-electron chi connectivity index (χ2n) is 7.22. The molecular formula is C22H24N2O2S. The summed E-state index contributed by atoms with van der Waals surface area (Å²) in [6.07, 6.45) is 6.31.